The van der Waals surface area contributed by atoms with Crippen LogP contribution in [0, 0.1) is 11.3 Å². The number of rotatable bonds is 2. The molecular weight excluding hydrogens is 246 g/mol. The van der Waals surface area contributed by atoms with Crippen molar-refractivity contribution in [2.24, 2.45) is 0 Å². The van der Waals surface area contributed by atoms with Crippen molar-refractivity contribution in [3.63, 3.8) is 0 Å². The van der Waals surface area contributed by atoms with Gasteiger partial charge in [0, 0.05) is 0 Å². The molecule has 0 aliphatic carbocycles. The van der Waals surface area contributed by atoms with Crippen molar-refractivity contribution in [2.75, 3.05) is 5.73 Å². The number of nitrogens with zero attached hydrogens (tertiary/aromatic N) is 4. The number of thiazole rings is 1. The highest BCUT2D eigenvalue weighted by Crippen LogP contribution is 2.26. The minimum Gasteiger partial charge on any atom is -0.389 e. The number of para-hydroxylation sites is 2. The second-order valence-corrected chi connectivity index (χ2v) is 4.77. The largest absolute Gasteiger partial charge is 0.389 e. The molecule has 1 aromatic carbocycles. The van der Waals surface area contributed by atoms with Gasteiger partial charge in [0.25, 0.3) is 0 Å². The highest BCUT2D eigenvalue weighted by Gasteiger charge is 2.14. The maximum absolute atomic E-state index is 8.88. The third-order valence-electron chi connectivity index (χ3n) is 2.57. The minimum atomic E-state index is 0.244. The molecule has 0 saturated carbocycles. The Hall–Kier alpha value is -2.39. The second-order valence-electron chi connectivity index (χ2n) is 3.73. The number of anilines is 1. The minimum absolute atomic E-state index is 0.244. The van der Waals surface area contributed by atoms with Crippen molar-refractivity contribution >= 4 is 27.4 Å². The third kappa shape index (κ3) is 1.61. The smallest absolute Gasteiger partial charge is 0.197 e. The Morgan fingerprint density at radius 3 is 2.94 bits per heavy atom. The molecule has 0 fully saturated rings. The molecule has 6 heteroatoms. The van der Waals surface area contributed by atoms with Crippen LogP contribution in [0.3, 0.4) is 0 Å². The van der Waals surface area contributed by atoms with Crippen LogP contribution in [0.15, 0.2) is 30.5 Å². The first-order chi connectivity index (χ1) is 8.79. The molecule has 0 amide bonds. The fraction of sp³-hybridized carbons (Fsp3) is 0.0833. The molecule has 0 aliphatic rings. The Kier molecular flexibility index (Phi) is 2.46. The number of nitriles is 1. The summed E-state index contributed by atoms with van der Waals surface area (Å²) in [7, 11) is 0. The third-order valence-corrected chi connectivity index (χ3v) is 3.38. The molecular formula is C12H9N5S. The number of imidazole rings is 1. The quantitative estimate of drug-likeness (QED) is 0.760. The van der Waals surface area contributed by atoms with Gasteiger partial charge in [-0.15, -0.1) is 0 Å². The van der Waals surface area contributed by atoms with Gasteiger partial charge in [-0.1, -0.05) is 23.5 Å². The van der Waals surface area contributed by atoms with E-state index in [9.17, 15) is 0 Å². The Balaban J connectivity index is 2.31. The highest BCUT2D eigenvalue weighted by atomic mass is 32.1. The highest BCUT2D eigenvalue weighted by molar-refractivity contribution is 7.17. The van der Waals surface area contributed by atoms with E-state index in [4.69, 9.17) is 11.0 Å². The maximum Gasteiger partial charge on any atom is 0.197 e. The van der Waals surface area contributed by atoms with Gasteiger partial charge < -0.3 is 5.73 Å². The number of benzene rings is 1. The predicted molar refractivity (Wildman–Crippen MR) is 70.5 cm³/mol. The van der Waals surface area contributed by atoms with Gasteiger partial charge in [-0.05, 0) is 12.1 Å². The number of aromatic nitrogens is 3. The summed E-state index contributed by atoms with van der Waals surface area (Å²) in [5.74, 6) is 0.688. The number of hydrogen-bond donors (Lipinski definition) is 1. The summed E-state index contributed by atoms with van der Waals surface area (Å²) < 4.78 is 1.89. The van der Waals surface area contributed by atoms with Crippen molar-refractivity contribution in [3.8, 4) is 11.2 Å². The fourth-order valence-electron chi connectivity index (χ4n) is 1.86. The standard InChI is InChI=1S/C12H9N5S/c13-6-5-11-16-8-3-1-2-4-9(8)17(11)12-15-7-10(14)18-12/h1-4,7H,5,14H2. The Labute approximate surface area is 107 Å². The molecule has 88 valence electrons. The van der Waals surface area contributed by atoms with E-state index < -0.39 is 0 Å². The van der Waals surface area contributed by atoms with Crippen LogP contribution in [0.1, 0.15) is 5.82 Å². The maximum atomic E-state index is 8.88. The summed E-state index contributed by atoms with van der Waals surface area (Å²) in [6.07, 6.45) is 1.86. The van der Waals surface area contributed by atoms with Crippen LogP contribution in [0.2, 0.25) is 0 Å². The summed E-state index contributed by atoms with van der Waals surface area (Å²) in [5.41, 5.74) is 7.51. The van der Waals surface area contributed by atoms with Crippen molar-refractivity contribution in [1.29, 1.82) is 5.26 Å². The van der Waals surface area contributed by atoms with Crippen LogP contribution in [0.5, 0.6) is 0 Å². The van der Waals surface area contributed by atoms with Crippen LogP contribution in [-0.4, -0.2) is 14.5 Å². The summed E-state index contributed by atoms with van der Waals surface area (Å²) in [5, 5.41) is 10.3. The lowest BCUT2D eigenvalue weighted by atomic mass is 10.3. The lowest BCUT2D eigenvalue weighted by molar-refractivity contribution is 0.943. The monoisotopic (exact) mass is 255 g/mol. The molecule has 0 aliphatic heterocycles. The van der Waals surface area contributed by atoms with Crippen LogP contribution in [0.4, 0.5) is 5.00 Å². The summed E-state index contributed by atoms with van der Waals surface area (Å²) >= 11 is 1.38. The van der Waals surface area contributed by atoms with E-state index in [-0.39, 0.29) is 6.42 Å². The topological polar surface area (TPSA) is 80.5 Å². The molecule has 0 bridgehead atoms. The predicted octanol–water partition coefficient (Wildman–Crippen LogP) is 2.13. The Bertz CT molecular complexity index is 749. The molecule has 3 rings (SSSR count). The number of fused-ring (bicyclic) bond motifs is 1. The van der Waals surface area contributed by atoms with E-state index in [0.717, 1.165) is 16.2 Å². The van der Waals surface area contributed by atoms with Gasteiger partial charge in [-0.3, -0.25) is 4.57 Å². The molecule has 0 atom stereocenters. The molecule has 18 heavy (non-hydrogen) atoms. The zero-order chi connectivity index (χ0) is 12.5. The average Bonchev–Trinajstić information content (AvgIpc) is 2.92. The molecule has 2 N–H and O–H groups in total. The molecule has 3 aromatic rings. The zero-order valence-corrected chi connectivity index (χ0v) is 10.2. The van der Waals surface area contributed by atoms with Crippen LogP contribution in [0.25, 0.3) is 16.2 Å². The summed E-state index contributed by atoms with van der Waals surface area (Å²) in [6.45, 7) is 0. The lowest BCUT2D eigenvalue weighted by Gasteiger charge is -2.01. The van der Waals surface area contributed by atoms with E-state index in [2.05, 4.69) is 16.0 Å². The molecule has 2 heterocycles. The van der Waals surface area contributed by atoms with Crippen LogP contribution < -0.4 is 5.73 Å². The van der Waals surface area contributed by atoms with Gasteiger partial charge in [0.1, 0.15) is 10.8 Å². The molecule has 2 aromatic heterocycles. The molecule has 0 radical (unpaired) electrons. The van der Waals surface area contributed by atoms with E-state index in [1.807, 2.05) is 28.8 Å². The first kappa shape index (κ1) is 10.7. The van der Waals surface area contributed by atoms with Crippen molar-refractivity contribution in [2.45, 2.75) is 6.42 Å². The molecule has 0 saturated heterocycles. The summed E-state index contributed by atoms with van der Waals surface area (Å²) in [6, 6.07) is 9.86. The van der Waals surface area contributed by atoms with E-state index in [1.165, 1.54) is 11.3 Å². The van der Waals surface area contributed by atoms with Crippen molar-refractivity contribution in [1.82, 2.24) is 14.5 Å². The normalized spacial score (nSPS) is 10.6. The fourth-order valence-corrected chi connectivity index (χ4v) is 2.58. The molecule has 0 unspecified atom stereocenters. The molecule has 5 nitrogen and oxygen atoms in total. The van der Waals surface area contributed by atoms with Gasteiger partial charge in [0.15, 0.2) is 5.13 Å². The Morgan fingerprint density at radius 1 is 1.39 bits per heavy atom. The van der Waals surface area contributed by atoms with E-state index >= 15 is 0 Å². The zero-order valence-electron chi connectivity index (χ0n) is 9.37. The van der Waals surface area contributed by atoms with Crippen LogP contribution in [-0.2, 0) is 6.42 Å². The number of hydrogen-bond acceptors (Lipinski definition) is 5. The van der Waals surface area contributed by atoms with Gasteiger partial charge in [0.05, 0.1) is 29.7 Å². The van der Waals surface area contributed by atoms with Gasteiger partial charge >= 0.3 is 0 Å². The van der Waals surface area contributed by atoms with Gasteiger partial charge in [0.2, 0.25) is 0 Å². The lowest BCUT2D eigenvalue weighted by Crippen LogP contribution is -1.99. The summed E-state index contributed by atoms with van der Waals surface area (Å²) in [4.78, 5) is 8.71. The average molecular weight is 255 g/mol. The SMILES string of the molecule is N#CCc1nc2ccccc2n1-c1ncc(N)s1. The number of nitrogens with two attached hydrogens (primary N) is 1. The Morgan fingerprint density at radius 2 is 2.22 bits per heavy atom. The van der Waals surface area contributed by atoms with Gasteiger partial charge in [-0.25, -0.2) is 9.97 Å². The second kappa shape index (κ2) is 4.13. The first-order valence-corrected chi connectivity index (χ1v) is 6.16. The molecule has 0 spiro atoms. The van der Waals surface area contributed by atoms with E-state index in [1.54, 1.807) is 6.20 Å². The van der Waals surface area contributed by atoms with Crippen LogP contribution >= 0.6 is 11.3 Å². The van der Waals surface area contributed by atoms with Crippen molar-refractivity contribution in [3.05, 3.63) is 36.3 Å². The first-order valence-electron chi connectivity index (χ1n) is 5.34. The van der Waals surface area contributed by atoms with Crippen molar-refractivity contribution < 1.29 is 0 Å². The van der Waals surface area contributed by atoms with E-state index in [0.29, 0.717) is 10.8 Å². The van der Waals surface area contributed by atoms with Gasteiger partial charge in [-0.2, -0.15) is 5.26 Å². The number of nitrogen functional groups attached to an aromatic ring is 1.